The van der Waals surface area contributed by atoms with Crippen LogP contribution in [0.1, 0.15) is 53.7 Å². The Balaban J connectivity index is 1.54. The number of aryl methyl sites for hydroxylation is 1. The van der Waals surface area contributed by atoms with Gasteiger partial charge < -0.3 is 4.90 Å². The predicted octanol–water partition coefficient (Wildman–Crippen LogP) is 7.62. The average molecular weight is 564 g/mol. The summed E-state index contributed by atoms with van der Waals surface area (Å²) in [5.41, 5.74) is 3.26. The van der Waals surface area contributed by atoms with E-state index in [1.807, 2.05) is 48.2 Å². The zero-order valence-corrected chi connectivity index (χ0v) is 23.0. The molecule has 4 aromatic rings. The van der Waals surface area contributed by atoms with Crippen LogP contribution in [-0.4, -0.2) is 29.4 Å². The molecule has 4 nitrogen and oxygen atoms in total. The van der Waals surface area contributed by atoms with Crippen molar-refractivity contribution < 1.29 is 14.4 Å². The van der Waals surface area contributed by atoms with Crippen LogP contribution in [-0.2, 0) is 0 Å². The number of carbonyl (C=O) groups excluding carboxylic acids is 3. The summed E-state index contributed by atoms with van der Waals surface area (Å²) < 4.78 is 0. The first-order valence-electron chi connectivity index (χ1n) is 13.1. The Kier molecular flexibility index (Phi) is 5.64. The summed E-state index contributed by atoms with van der Waals surface area (Å²) in [6, 6.07) is 25.4. The lowest BCUT2D eigenvalue weighted by atomic mass is 9.64. The monoisotopic (exact) mass is 563 g/mol. The molecule has 3 atom stereocenters. The second-order valence-electron chi connectivity index (χ2n) is 10.7. The number of anilines is 1. The third kappa shape index (κ3) is 3.36. The normalized spacial score (nSPS) is 21.9. The molecule has 1 spiro atoms. The number of carbonyl (C=O) groups is 3. The minimum atomic E-state index is -1.54. The van der Waals surface area contributed by atoms with Crippen molar-refractivity contribution >= 4 is 52.3 Å². The van der Waals surface area contributed by atoms with Crippen molar-refractivity contribution in [2.75, 3.05) is 4.90 Å². The molecule has 40 heavy (non-hydrogen) atoms. The van der Waals surface area contributed by atoms with Gasteiger partial charge in [0, 0.05) is 38.3 Å². The highest BCUT2D eigenvalue weighted by molar-refractivity contribution is 6.33. The number of ketones is 3. The molecular formula is C34H23Cl2NO3. The number of halogens is 2. The van der Waals surface area contributed by atoms with E-state index in [4.69, 9.17) is 23.2 Å². The molecular weight excluding hydrogens is 541 g/mol. The number of rotatable bonds is 3. The Hall–Kier alpha value is -3.99. The van der Waals surface area contributed by atoms with E-state index in [2.05, 4.69) is 6.07 Å². The maximum atomic E-state index is 14.6. The maximum Gasteiger partial charge on any atom is 0.185 e. The van der Waals surface area contributed by atoms with Gasteiger partial charge in [0.15, 0.2) is 17.3 Å². The lowest BCUT2D eigenvalue weighted by molar-refractivity contribution is 0.0666. The highest BCUT2D eigenvalue weighted by atomic mass is 35.5. The first-order valence-corrected chi connectivity index (χ1v) is 13.9. The van der Waals surface area contributed by atoms with E-state index in [0.717, 1.165) is 16.8 Å². The fourth-order valence-electron chi connectivity index (χ4n) is 6.92. The molecule has 0 unspecified atom stereocenters. The Morgan fingerprint density at radius 3 is 2.02 bits per heavy atom. The molecule has 0 bridgehead atoms. The Morgan fingerprint density at radius 1 is 0.800 bits per heavy atom. The molecule has 1 aliphatic carbocycles. The van der Waals surface area contributed by atoms with E-state index in [1.165, 1.54) is 0 Å². The summed E-state index contributed by atoms with van der Waals surface area (Å²) >= 11 is 12.4. The third-order valence-corrected chi connectivity index (χ3v) is 9.09. The number of Topliss-reactive ketones (excluding diaryl/α,β-unsaturated/α-hetero) is 3. The molecule has 4 aromatic carbocycles. The quantitative estimate of drug-likeness (QED) is 0.190. The van der Waals surface area contributed by atoms with Crippen LogP contribution >= 0.6 is 23.2 Å². The maximum absolute atomic E-state index is 14.6. The van der Waals surface area contributed by atoms with Crippen molar-refractivity contribution in [2.24, 2.45) is 5.41 Å². The highest BCUT2D eigenvalue weighted by Crippen LogP contribution is 2.61. The smallest absolute Gasteiger partial charge is 0.185 e. The summed E-state index contributed by atoms with van der Waals surface area (Å²) in [5.74, 6) is -1.47. The first-order chi connectivity index (χ1) is 19.3. The van der Waals surface area contributed by atoms with Crippen LogP contribution in [0.2, 0.25) is 10.0 Å². The Labute approximate surface area is 241 Å². The van der Waals surface area contributed by atoms with E-state index >= 15 is 0 Å². The molecule has 1 saturated heterocycles. The number of hydrogen-bond acceptors (Lipinski definition) is 4. The summed E-state index contributed by atoms with van der Waals surface area (Å²) in [7, 11) is 0. The van der Waals surface area contributed by atoms with Gasteiger partial charge in [-0.15, -0.1) is 0 Å². The van der Waals surface area contributed by atoms with E-state index in [9.17, 15) is 14.4 Å². The van der Waals surface area contributed by atoms with Crippen LogP contribution < -0.4 is 4.90 Å². The van der Waals surface area contributed by atoms with Gasteiger partial charge in [0.1, 0.15) is 11.5 Å². The van der Waals surface area contributed by atoms with Crippen molar-refractivity contribution in [3.05, 3.63) is 140 Å². The minimum Gasteiger partial charge on any atom is -0.352 e. The molecule has 1 fully saturated rings. The van der Waals surface area contributed by atoms with E-state index in [0.29, 0.717) is 32.3 Å². The molecule has 3 aliphatic rings. The largest absolute Gasteiger partial charge is 0.352 e. The van der Waals surface area contributed by atoms with Gasteiger partial charge in [0.05, 0.1) is 6.04 Å². The highest BCUT2D eigenvalue weighted by Gasteiger charge is 2.71. The third-order valence-electron chi connectivity index (χ3n) is 8.59. The first kappa shape index (κ1) is 25.0. The van der Waals surface area contributed by atoms with Gasteiger partial charge in [-0.2, -0.15) is 0 Å². The van der Waals surface area contributed by atoms with Crippen molar-refractivity contribution in [1.29, 1.82) is 0 Å². The van der Waals surface area contributed by atoms with Gasteiger partial charge in [0.25, 0.3) is 0 Å². The van der Waals surface area contributed by atoms with Crippen LogP contribution in [0.15, 0.2) is 97.1 Å². The number of benzene rings is 4. The lowest BCUT2D eigenvalue weighted by Crippen LogP contribution is -2.48. The van der Waals surface area contributed by atoms with Gasteiger partial charge in [-0.1, -0.05) is 83.4 Å². The van der Waals surface area contributed by atoms with Gasteiger partial charge >= 0.3 is 0 Å². The van der Waals surface area contributed by atoms with E-state index in [1.54, 1.807) is 60.7 Å². The summed E-state index contributed by atoms with van der Waals surface area (Å²) in [5, 5.41) is 1.05. The average Bonchev–Trinajstić information content (AvgIpc) is 3.39. The number of hydrogen-bond donors (Lipinski definition) is 0. The number of fused-ring (bicyclic) bond motifs is 5. The fraction of sp³-hybridized carbons (Fsp3) is 0.147. The molecule has 2 heterocycles. The van der Waals surface area contributed by atoms with Crippen LogP contribution in [0, 0.1) is 12.3 Å². The standard InChI is InChI=1S/C34H23Cl2NO3/c1-19-6-16-27-22(18-19)11-17-28-34(32(39)25-4-2-3-5-26(25)33(34)40)29(20-7-12-23(35)13-8-20)30(37(27)28)31(38)21-9-14-24(36)15-10-21/h2-18,28-30H,1H3/t28-,29-,30+/m0/s1. The molecule has 0 N–H and O–H groups in total. The van der Waals surface area contributed by atoms with Crippen LogP contribution in [0.3, 0.4) is 0 Å². The number of nitrogens with zero attached hydrogens (tertiary/aromatic N) is 1. The molecule has 196 valence electrons. The fourth-order valence-corrected chi connectivity index (χ4v) is 7.18. The molecule has 2 aliphatic heterocycles. The van der Waals surface area contributed by atoms with Gasteiger partial charge in [0.2, 0.25) is 0 Å². The van der Waals surface area contributed by atoms with Gasteiger partial charge in [-0.05, 0) is 66.6 Å². The van der Waals surface area contributed by atoms with Crippen LogP contribution in [0.25, 0.3) is 6.08 Å². The van der Waals surface area contributed by atoms with Gasteiger partial charge in [-0.25, -0.2) is 0 Å². The molecule has 0 saturated carbocycles. The van der Waals surface area contributed by atoms with Crippen molar-refractivity contribution in [2.45, 2.75) is 24.9 Å². The SMILES string of the molecule is Cc1ccc2c(c1)C=C[C@@H]1N2[C@@H](C(=O)c2ccc(Cl)cc2)[C@H](c2ccc(Cl)cc2)C12C(=O)c1ccccc1C2=O. The summed E-state index contributed by atoms with van der Waals surface area (Å²) in [6.07, 6.45) is 3.91. The minimum absolute atomic E-state index is 0.183. The zero-order chi connectivity index (χ0) is 27.8. The summed E-state index contributed by atoms with van der Waals surface area (Å²) in [6.45, 7) is 2.01. The topological polar surface area (TPSA) is 54.5 Å². The zero-order valence-electron chi connectivity index (χ0n) is 21.5. The van der Waals surface area contributed by atoms with Crippen LogP contribution in [0.5, 0.6) is 0 Å². The Bertz CT molecular complexity index is 1720. The summed E-state index contributed by atoms with van der Waals surface area (Å²) in [4.78, 5) is 45.8. The molecule has 0 aromatic heterocycles. The van der Waals surface area contributed by atoms with E-state index in [-0.39, 0.29) is 17.3 Å². The van der Waals surface area contributed by atoms with Gasteiger partial charge in [-0.3, -0.25) is 14.4 Å². The second kappa shape index (κ2) is 9.02. The van der Waals surface area contributed by atoms with Crippen molar-refractivity contribution in [1.82, 2.24) is 0 Å². The second-order valence-corrected chi connectivity index (χ2v) is 11.6. The predicted molar refractivity (Wildman–Crippen MR) is 158 cm³/mol. The molecule has 0 amide bonds. The van der Waals surface area contributed by atoms with Crippen molar-refractivity contribution in [3.63, 3.8) is 0 Å². The molecule has 7 rings (SSSR count). The molecule has 0 radical (unpaired) electrons. The van der Waals surface area contributed by atoms with Crippen molar-refractivity contribution in [3.8, 4) is 0 Å². The van der Waals surface area contributed by atoms with Crippen LogP contribution in [0.4, 0.5) is 5.69 Å². The Morgan fingerprint density at radius 2 is 1.40 bits per heavy atom. The molecule has 6 heteroatoms. The lowest BCUT2D eigenvalue weighted by Gasteiger charge is -2.37. The van der Waals surface area contributed by atoms with E-state index < -0.39 is 23.4 Å².